The smallest absolute Gasteiger partial charge is 0.270 e. The van der Waals surface area contributed by atoms with Gasteiger partial charge in [-0.2, -0.15) is 0 Å². The molecule has 2 atom stereocenters. The second kappa shape index (κ2) is 5.20. The van der Waals surface area contributed by atoms with Crippen molar-refractivity contribution in [2.45, 2.75) is 32.2 Å². The Kier molecular flexibility index (Phi) is 3.86. The average molecular weight is 346 g/mol. The highest BCUT2D eigenvalue weighted by Crippen LogP contribution is 2.38. The van der Waals surface area contributed by atoms with Crippen molar-refractivity contribution in [2.24, 2.45) is 5.92 Å². The van der Waals surface area contributed by atoms with Crippen LogP contribution in [0.4, 0.5) is 11.4 Å². The molecule has 1 aliphatic carbocycles. The Morgan fingerprint density at radius 1 is 1.59 bits per heavy atom. The van der Waals surface area contributed by atoms with Gasteiger partial charge in [0.2, 0.25) is 0 Å². The van der Waals surface area contributed by atoms with Gasteiger partial charge in [-0.15, -0.1) is 0 Å². The summed E-state index contributed by atoms with van der Waals surface area (Å²) in [5.41, 5.74) is 1.17. The van der Waals surface area contributed by atoms with Gasteiger partial charge in [0.25, 0.3) is 5.69 Å². The second-order valence-electron chi connectivity index (χ2n) is 4.46. The molecule has 0 saturated heterocycles. The van der Waals surface area contributed by atoms with Crippen LogP contribution in [0, 0.1) is 19.6 Å². The molecule has 92 valence electrons. The summed E-state index contributed by atoms with van der Waals surface area (Å²) in [6.07, 6.45) is 3.71. The molecule has 0 amide bonds. The van der Waals surface area contributed by atoms with E-state index in [4.69, 9.17) is 0 Å². The lowest BCUT2D eigenvalue weighted by Gasteiger charge is -2.07. The molecule has 2 rings (SSSR count). The highest BCUT2D eigenvalue weighted by atomic mass is 127. The molecule has 0 bridgehead atoms. The van der Waals surface area contributed by atoms with E-state index in [1.54, 1.807) is 18.2 Å². The maximum absolute atomic E-state index is 10.6. The van der Waals surface area contributed by atoms with Crippen LogP contribution in [0.2, 0.25) is 0 Å². The van der Waals surface area contributed by atoms with E-state index in [1.807, 2.05) is 0 Å². The summed E-state index contributed by atoms with van der Waals surface area (Å²) >= 11 is 2.14. The number of hydrogen-bond donors (Lipinski definition) is 1. The lowest BCUT2D eigenvalue weighted by Crippen LogP contribution is -2.06. The van der Waals surface area contributed by atoms with Crippen LogP contribution in [0.5, 0.6) is 0 Å². The third kappa shape index (κ3) is 3.08. The van der Waals surface area contributed by atoms with Crippen LogP contribution < -0.4 is 5.32 Å². The first-order valence-electron chi connectivity index (χ1n) is 5.82. The van der Waals surface area contributed by atoms with Gasteiger partial charge < -0.3 is 5.32 Å². The largest absolute Gasteiger partial charge is 0.381 e. The molecule has 2 unspecified atom stereocenters. The fourth-order valence-electron chi connectivity index (χ4n) is 2.05. The SMILES string of the molecule is CCCC1CC1Nc1ccc([N+](=O)[O-])cc1I. The third-order valence-corrected chi connectivity index (χ3v) is 3.98. The van der Waals surface area contributed by atoms with Crippen molar-refractivity contribution >= 4 is 34.0 Å². The molecular formula is C12H15IN2O2. The van der Waals surface area contributed by atoms with E-state index in [2.05, 4.69) is 34.8 Å². The minimum Gasteiger partial charge on any atom is -0.381 e. The molecule has 1 saturated carbocycles. The van der Waals surface area contributed by atoms with E-state index in [-0.39, 0.29) is 10.6 Å². The first kappa shape index (κ1) is 12.6. The van der Waals surface area contributed by atoms with E-state index in [0.29, 0.717) is 6.04 Å². The van der Waals surface area contributed by atoms with E-state index in [1.165, 1.54) is 19.3 Å². The fraction of sp³-hybridized carbons (Fsp3) is 0.500. The van der Waals surface area contributed by atoms with Crippen LogP contribution >= 0.6 is 22.6 Å². The van der Waals surface area contributed by atoms with Gasteiger partial charge in [-0.3, -0.25) is 10.1 Å². The molecule has 4 nitrogen and oxygen atoms in total. The van der Waals surface area contributed by atoms with Gasteiger partial charge in [-0.1, -0.05) is 13.3 Å². The fourth-order valence-corrected chi connectivity index (χ4v) is 2.70. The summed E-state index contributed by atoms with van der Waals surface area (Å²) in [4.78, 5) is 10.3. The number of non-ortho nitro benzene ring substituents is 1. The molecule has 5 heteroatoms. The van der Waals surface area contributed by atoms with Crippen molar-refractivity contribution in [3.8, 4) is 0 Å². The topological polar surface area (TPSA) is 55.2 Å². The highest BCUT2D eigenvalue weighted by molar-refractivity contribution is 14.1. The van der Waals surface area contributed by atoms with Crippen molar-refractivity contribution in [1.29, 1.82) is 0 Å². The molecule has 1 N–H and O–H groups in total. The molecule has 0 aromatic heterocycles. The maximum atomic E-state index is 10.6. The van der Waals surface area contributed by atoms with Gasteiger partial charge in [0.05, 0.1) is 4.92 Å². The molecule has 1 fully saturated rings. The molecular weight excluding hydrogens is 331 g/mol. The monoisotopic (exact) mass is 346 g/mol. The van der Waals surface area contributed by atoms with Gasteiger partial charge in [0.15, 0.2) is 0 Å². The van der Waals surface area contributed by atoms with Gasteiger partial charge in [-0.05, 0) is 47.4 Å². The maximum Gasteiger partial charge on any atom is 0.270 e. The molecule has 0 heterocycles. The molecule has 0 spiro atoms. The van der Waals surface area contributed by atoms with Gasteiger partial charge >= 0.3 is 0 Å². The Morgan fingerprint density at radius 3 is 2.94 bits per heavy atom. The van der Waals surface area contributed by atoms with Crippen LogP contribution in [0.25, 0.3) is 0 Å². The summed E-state index contributed by atoms with van der Waals surface area (Å²) in [7, 11) is 0. The van der Waals surface area contributed by atoms with Crippen LogP contribution in [0.15, 0.2) is 18.2 Å². The van der Waals surface area contributed by atoms with E-state index in [0.717, 1.165) is 15.2 Å². The lowest BCUT2D eigenvalue weighted by atomic mass is 10.2. The Labute approximate surface area is 114 Å². The van der Waals surface area contributed by atoms with Crippen LogP contribution in [-0.2, 0) is 0 Å². The van der Waals surface area contributed by atoms with Gasteiger partial charge in [-0.25, -0.2) is 0 Å². The van der Waals surface area contributed by atoms with Crippen LogP contribution in [-0.4, -0.2) is 11.0 Å². The number of nitro groups is 1. The van der Waals surface area contributed by atoms with Crippen molar-refractivity contribution in [3.05, 3.63) is 31.9 Å². The predicted molar refractivity (Wildman–Crippen MR) is 76.2 cm³/mol. The molecule has 1 aliphatic rings. The Morgan fingerprint density at radius 2 is 2.35 bits per heavy atom. The normalized spacial score (nSPS) is 22.2. The number of nitrogens with zero attached hydrogens (tertiary/aromatic N) is 1. The summed E-state index contributed by atoms with van der Waals surface area (Å²) in [6.45, 7) is 2.20. The predicted octanol–water partition coefficient (Wildman–Crippen LogP) is 3.80. The van der Waals surface area contributed by atoms with E-state index >= 15 is 0 Å². The summed E-state index contributed by atoms with van der Waals surface area (Å²) < 4.78 is 0.916. The summed E-state index contributed by atoms with van der Waals surface area (Å²) in [5.74, 6) is 0.783. The first-order valence-corrected chi connectivity index (χ1v) is 6.90. The zero-order valence-electron chi connectivity index (χ0n) is 9.65. The standard InChI is InChI=1S/C12H15IN2O2/c1-2-3-8-6-12(8)14-11-5-4-9(15(16)17)7-10(11)13/h4-5,7-8,12,14H,2-3,6H2,1H3. The number of hydrogen-bond acceptors (Lipinski definition) is 3. The van der Waals surface area contributed by atoms with Crippen molar-refractivity contribution in [3.63, 3.8) is 0 Å². The molecule has 1 aromatic carbocycles. The van der Waals surface area contributed by atoms with Crippen molar-refractivity contribution in [2.75, 3.05) is 5.32 Å². The Hall–Kier alpha value is -0.850. The number of benzene rings is 1. The first-order chi connectivity index (χ1) is 8.11. The van der Waals surface area contributed by atoms with Gasteiger partial charge in [0, 0.05) is 27.4 Å². The minimum absolute atomic E-state index is 0.154. The van der Waals surface area contributed by atoms with E-state index < -0.39 is 0 Å². The highest BCUT2D eigenvalue weighted by Gasteiger charge is 2.36. The van der Waals surface area contributed by atoms with Crippen LogP contribution in [0.1, 0.15) is 26.2 Å². The Bertz CT molecular complexity index is 437. The number of anilines is 1. The molecule has 17 heavy (non-hydrogen) atoms. The lowest BCUT2D eigenvalue weighted by molar-refractivity contribution is -0.384. The van der Waals surface area contributed by atoms with Crippen LogP contribution in [0.3, 0.4) is 0 Å². The molecule has 0 aliphatic heterocycles. The van der Waals surface area contributed by atoms with E-state index in [9.17, 15) is 10.1 Å². The second-order valence-corrected chi connectivity index (χ2v) is 5.62. The zero-order chi connectivity index (χ0) is 12.4. The summed E-state index contributed by atoms with van der Waals surface area (Å²) in [5, 5.41) is 14.1. The molecule has 1 aromatic rings. The average Bonchev–Trinajstić information content (AvgIpc) is 3.00. The quantitative estimate of drug-likeness (QED) is 0.501. The number of halogens is 1. The third-order valence-electron chi connectivity index (χ3n) is 3.09. The number of nitro benzene ring substituents is 1. The zero-order valence-corrected chi connectivity index (χ0v) is 11.8. The van der Waals surface area contributed by atoms with Crippen molar-refractivity contribution in [1.82, 2.24) is 0 Å². The molecule has 0 radical (unpaired) electrons. The van der Waals surface area contributed by atoms with Gasteiger partial charge in [0.1, 0.15) is 0 Å². The van der Waals surface area contributed by atoms with Crippen molar-refractivity contribution < 1.29 is 4.92 Å². The summed E-state index contributed by atoms with van der Waals surface area (Å²) in [6, 6.07) is 5.54. The number of nitrogens with one attached hydrogen (secondary N) is 1. The number of rotatable bonds is 5. The Balaban J connectivity index is 2.00. The minimum atomic E-state index is -0.358.